The van der Waals surface area contributed by atoms with Gasteiger partial charge in [-0.25, -0.2) is 0 Å². The van der Waals surface area contributed by atoms with Crippen molar-refractivity contribution in [2.45, 2.75) is 32.1 Å². The van der Waals surface area contributed by atoms with Gasteiger partial charge in [0.2, 0.25) is 0 Å². The molecule has 3 nitrogen and oxygen atoms in total. The third-order valence-corrected chi connectivity index (χ3v) is 4.01. The molecule has 5 heteroatoms. The zero-order chi connectivity index (χ0) is 14.0. The maximum absolute atomic E-state index is 6.29. The molecule has 1 fully saturated rings. The van der Waals surface area contributed by atoms with Crippen molar-refractivity contribution in [3.8, 4) is 0 Å². The molecule has 1 aromatic rings. The normalized spacial score (nSPS) is 26.4. The number of hydrogen-bond acceptors (Lipinski definition) is 3. The number of rotatable bonds is 3. The molecule has 1 aromatic carbocycles. The first-order valence-corrected chi connectivity index (χ1v) is 7.31. The van der Waals surface area contributed by atoms with Crippen molar-refractivity contribution < 1.29 is 4.74 Å². The van der Waals surface area contributed by atoms with Crippen LogP contribution in [0.3, 0.4) is 0 Å². The summed E-state index contributed by atoms with van der Waals surface area (Å²) in [6, 6.07) is 5.62. The molecule has 1 aliphatic heterocycles. The summed E-state index contributed by atoms with van der Waals surface area (Å²) >= 11 is 12.4. The zero-order valence-electron chi connectivity index (χ0n) is 11.3. The van der Waals surface area contributed by atoms with Crippen LogP contribution in [0.25, 0.3) is 0 Å². The van der Waals surface area contributed by atoms with E-state index >= 15 is 0 Å². The minimum Gasteiger partial charge on any atom is -0.373 e. The van der Waals surface area contributed by atoms with E-state index in [1.165, 1.54) is 0 Å². The molecule has 1 heterocycles. The summed E-state index contributed by atoms with van der Waals surface area (Å²) in [6.45, 7) is 6.38. The van der Waals surface area contributed by atoms with Gasteiger partial charge in [-0.1, -0.05) is 23.2 Å². The molecular formula is C14H20Cl2N2O. The number of hydrogen-bond donors (Lipinski definition) is 1. The lowest BCUT2D eigenvalue weighted by Crippen LogP contribution is -2.48. The van der Waals surface area contributed by atoms with E-state index in [4.69, 9.17) is 33.7 Å². The second-order valence-corrected chi connectivity index (χ2v) is 5.97. The standard InChI is InChI=1S/C14H20Cl2N2O/c1-9-7-18(8-10(2)19-9)14(6-17)12-5-11(15)3-4-13(12)16/h3-5,9-10,14H,6-8,17H2,1-2H3. The SMILES string of the molecule is CC1CN(C(CN)c2cc(Cl)ccc2Cl)CC(C)O1. The number of nitrogens with zero attached hydrogens (tertiary/aromatic N) is 1. The molecule has 0 bridgehead atoms. The van der Waals surface area contributed by atoms with E-state index < -0.39 is 0 Å². The van der Waals surface area contributed by atoms with Crippen LogP contribution >= 0.6 is 23.2 Å². The minimum absolute atomic E-state index is 0.0833. The molecule has 106 valence electrons. The largest absolute Gasteiger partial charge is 0.373 e. The third-order valence-electron chi connectivity index (χ3n) is 3.43. The predicted molar refractivity (Wildman–Crippen MR) is 79.8 cm³/mol. The Labute approximate surface area is 124 Å². The first-order chi connectivity index (χ1) is 9.01. The fourth-order valence-electron chi connectivity index (χ4n) is 2.71. The van der Waals surface area contributed by atoms with E-state index in [1.807, 2.05) is 12.1 Å². The van der Waals surface area contributed by atoms with Gasteiger partial charge in [-0.05, 0) is 37.6 Å². The lowest BCUT2D eigenvalue weighted by atomic mass is 10.0. The van der Waals surface area contributed by atoms with Crippen LogP contribution < -0.4 is 5.73 Å². The first-order valence-electron chi connectivity index (χ1n) is 6.55. The topological polar surface area (TPSA) is 38.5 Å². The van der Waals surface area contributed by atoms with Crippen LogP contribution in [-0.2, 0) is 4.74 Å². The molecule has 1 aliphatic rings. The Balaban J connectivity index is 2.26. The molecule has 0 spiro atoms. The third kappa shape index (κ3) is 3.61. The quantitative estimate of drug-likeness (QED) is 0.932. The molecule has 3 unspecified atom stereocenters. The average Bonchev–Trinajstić information content (AvgIpc) is 2.33. The number of benzene rings is 1. The second kappa shape index (κ2) is 6.42. The Kier molecular flexibility index (Phi) is 5.09. The van der Waals surface area contributed by atoms with Crippen molar-refractivity contribution in [3.63, 3.8) is 0 Å². The van der Waals surface area contributed by atoms with Crippen molar-refractivity contribution in [1.29, 1.82) is 0 Å². The molecule has 0 radical (unpaired) electrons. The van der Waals surface area contributed by atoms with E-state index in [2.05, 4.69) is 18.7 Å². The van der Waals surface area contributed by atoms with Gasteiger partial charge in [-0.3, -0.25) is 4.90 Å². The van der Waals surface area contributed by atoms with Gasteiger partial charge in [-0.15, -0.1) is 0 Å². The van der Waals surface area contributed by atoms with Gasteiger partial charge in [0.1, 0.15) is 0 Å². The fraction of sp³-hybridized carbons (Fsp3) is 0.571. The smallest absolute Gasteiger partial charge is 0.0678 e. The van der Waals surface area contributed by atoms with E-state index in [-0.39, 0.29) is 18.2 Å². The highest BCUT2D eigenvalue weighted by Crippen LogP contribution is 2.31. The Bertz CT molecular complexity index is 431. The van der Waals surface area contributed by atoms with Crippen molar-refractivity contribution in [1.82, 2.24) is 4.90 Å². The van der Waals surface area contributed by atoms with E-state index in [0.29, 0.717) is 16.6 Å². The van der Waals surface area contributed by atoms with E-state index in [1.54, 1.807) is 6.07 Å². The van der Waals surface area contributed by atoms with Gasteiger partial charge in [0.05, 0.1) is 12.2 Å². The van der Waals surface area contributed by atoms with Gasteiger partial charge < -0.3 is 10.5 Å². The van der Waals surface area contributed by atoms with Gasteiger partial charge in [0, 0.05) is 35.7 Å². The highest BCUT2D eigenvalue weighted by atomic mass is 35.5. The van der Waals surface area contributed by atoms with Crippen LogP contribution in [0, 0.1) is 0 Å². The molecule has 3 atom stereocenters. The highest BCUT2D eigenvalue weighted by molar-refractivity contribution is 6.33. The van der Waals surface area contributed by atoms with Crippen LogP contribution in [0.15, 0.2) is 18.2 Å². The van der Waals surface area contributed by atoms with Gasteiger partial charge in [-0.2, -0.15) is 0 Å². The Morgan fingerprint density at radius 2 is 1.95 bits per heavy atom. The lowest BCUT2D eigenvalue weighted by Gasteiger charge is -2.40. The van der Waals surface area contributed by atoms with E-state index in [0.717, 1.165) is 18.7 Å². The monoisotopic (exact) mass is 302 g/mol. The molecular weight excluding hydrogens is 283 g/mol. The predicted octanol–water partition coefficient (Wildman–Crippen LogP) is 3.10. The van der Waals surface area contributed by atoms with Crippen LogP contribution in [0.5, 0.6) is 0 Å². The summed E-state index contributed by atoms with van der Waals surface area (Å²) in [5.74, 6) is 0. The van der Waals surface area contributed by atoms with Crippen LogP contribution in [-0.4, -0.2) is 36.7 Å². The summed E-state index contributed by atoms with van der Waals surface area (Å²) < 4.78 is 5.76. The number of morpholine rings is 1. The van der Waals surface area contributed by atoms with Crippen molar-refractivity contribution in [2.75, 3.05) is 19.6 Å². The number of nitrogens with two attached hydrogens (primary N) is 1. The van der Waals surface area contributed by atoms with Crippen molar-refractivity contribution in [3.05, 3.63) is 33.8 Å². The maximum atomic E-state index is 6.29. The maximum Gasteiger partial charge on any atom is 0.0678 e. The van der Waals surface area contributed by atoms with E-state index in [9.17, 15) is 0 Å². The van der Waals surface area contributed by atoms with Gasteiger partial charge in [0.15, 0.2) is 0 Å². The summed E-state index contributed by atoms with van der Waals surface area (Å²) in [5.41, 5.74) is 6.96. The molecule has 19 heavy (non-hydrogen) atoms. The molecule has 1 saturated heterocycles. The van der Waals surface area contributed by atoms with Gasteiger partial charge >= 0.3 is 0 Å². The molecule has 0 aromatic heterocycles. The molecule has 2 N–H and O–H groups in total. The number of ether oxygens (including phenoxy) is 1. The fourth-order valence-corrected chi connectivity index (χ4v) is 3.14. The van der Waals surface area contributed by atoms with Crippen LogP contribution in [0.1, 0.15) is 25.5 Å². The van der Waals surface area contributed by atoms with Crippen molar-refractivity contribution >= 4 is 23.2 Å². The molecule has 2 rings (SSSR count). The van der Waals surface area contributed by atoms with Crippen molar-refractivity contribution in [2.24, 2.45) is 5.73 Å². The average molecular weight is 303 g/mol. The summed E-state index contributed by atoms with van der Waals surface area (Å²) in [7, 11) is 0. The summed E-state index contributed by atoms with van der Waals surface area (Å²) in [4.78, 5) is 2.33. The zero-order valence-corrected chi connectivity index (χ0v) is 12.8. The van der Waals surface area contributed by atoms with Gasteiger partial charge in [0.25, 0.3) is 0 Å². The van der Waals surface area contributed by atoms with Crippen LogP contribution in [0.4, 0.5) is 0 Å². The Morgan fingerprint density at radius 3 is 2.53 bits per heavy atom. The number of halogens is 2. The Morgan fingerprint density at radius 1 is 1.32 bits per heavy atom. The summed E-state index contributed by atoms with van der Waals surface area (Å²) in [5, 5.41) is 1.40. The highest BCUT2D eigenvalue weighted by Gasteiger charge is 2.29. The minimum atomic E-state index is 0.0833. The molecule has 0 amide bonds. The molecule has 0 saturated carbocycles. The Hall–Kier alpha value is -0.320. The first kappa shape index (κ1) is 15.1. The second-order valence-electron chi connectivity index (χ2n) is 5.13. The molecule has 0 aliphatic carbocycles. The van der Waals surface area contributed by atoms with Crippen LogP contribution in [0.2, 0.25) is 10.0 Å². The summed E-state index contributed by atoms with van der Waals surface area (Å²) in [6.07, 6.45) is 0.409. The lowest BCUT2D eigenvalue weighted by molar-refractivity contribution is -0.0799.